The summed E-state index contributed by atoms with van der Waals surface area (Å²) in [6.07, 6.45) is 0. The number of rotatable bonds is 5. The van der Waals surface area contributed by atoms with Crippen LogP contribution in [0.1, 0.15) is 11.9 Å². The molecule has 1 amide bonds. The monoisotopic (exact) mass is 317 g/mol. The summed E-state index contributed by atoms with van der Waals surface area (Å²) in [6, 6.07) is 7.18. The van der Waals surface area contributed by atoms with Crippen LogP contribution in [0.2, 0.25) is 0 Å². The number of likely N-dealkylation sites (N-methyl/N-ethyl adjacent to an activating group) is 1. The lowest BCUT2D eigenvalue weighted by molar-refractivity contribution is -0.119. The molecule has 8 nitrogen and oxygen atoms in total. The van der Waals surface area contributed by atoms with E-state index in [1.165, 1.54) is 0 Å². The van der Waals surface area contributed by atoms with E-state index in [1.807, 2.05) is 7.05 Å². The highest BCUT2D eigenvalue weighted by atomic mass is 16.5. The molecular weight excluding hydrogens is 298 g/mol. The molecule has 23 heavy (non-hydrogen) atoms. The second-order valence-electron chi connectivity index (χ2n) is 5.44. The van der Waals surface area contributed by atoms with Gasteiger partial charge in [-0.1, -0.05) is 5.16 Å². The zero-order valence-corrected chi connectivity index (χ0v) is 12.9. The highest BCUT2D eigenvalue weighted by Gasteiger charge is 2.25. The number of benzene rings is 1. The number of nitrogens with zero attached hydrogens (tertiary/aromatic N) is 3. The smallest absolute Gasteiger partial charge is 0.257 e. The van der Waals surface area contributed by atoms with Gasteiger partial charge in [0.15, 0.2) is 12.4 Å². The predicted molar refractivity (Wildman–Crippen MR) is 82.7 cm³/mol. The first-order valence-corrected chi connectivity index (χ1v) is 7.39. The van der Waals surface area contributed by atoms with Crippen LogP contribution in [-0.2, 0) is 4.79 Å². The van der Waals surface area contributed by atoms with Crippen LogP contribution in [0.4, 0.5) is 0 Å². The Balaban J connectivity index is 1.71. The van der Waals surface area contributed by atoms with Gasteiger partial charge >= 0.3 is 0 Å². The van der Waals surface area contributed by atoms with Crippen LogP contribution in [0.3, 0.4) is 0 Å². The number of nitrogens with two attached hydrogens (primary N) is 1. The molecule has 1 aromatic carbocycles. The van der Waals surface area contributed by atoms with Crippen molar-refractivity contribution in [1.29, 1.82) is 0 Å². The molecule has 3 rings (SSSR count). The second-order valence-corrected chi connectivity index (χ2v) is 5.44. The lowest BCUT2D eigenvalue weighted by Crippen LogP contribution is -2.44. The summed E-state index contributed by atoms with van der Waals surface area (Å²) in [5.74, 6) is 1.17. The topological polar surface area (TPSA) is 107 Å². The van der Waals surface area contributed by atoms with E-state index in [9.17, 15) is 4.79 Å². The van der Waals surface area contributed by atoms with Crippen LogP contribution in [0.15, 0.2) is 28.8 Å². The number of aromatic nitrogens is 2. The summed E-state index contributed by atoms with van der Waals surface area (Å²) in [5.41, 5.74) is 5.83. The van der Waals surface area contributed by atoms with Crippen molar-refractivity contribution in [1.82, 2.24) is 20.4 Å². The van der Waals surface area contributed by atoms with E-state index in [4.69, 9.17) is 15.0 Å². The van der Waals surface area contributed by atoms with Crippen molar-refractivity contribution in [2.75, 3.05) is 33.3 Å². The summed E-state index contributed by atoms with van der Waals surface area (Å²) in [7, 11) is 2.05. The minimum absolute atomic E-state index is 0.111. The Bertz CT molecular complexity index is 670. The van der Waals surface area contributed by atoms with Gasteiger partial charge in [-0.15, -0.1) is 0 Å². The molecular formula is C15H19N5O3. The molecule has 1 unspecified atom stereocenters. The molecule has 0 saturated carbocycles. The third-order valence-electron chi connectivity index (χ3n) is 3.73. The number of carbonyl (C=O) groups is 1. The maximum atomic E-state index is 10.7. The second kappa shape index (κ2) is 6.76. The van der Waals surface area contributed by atoms with Crippen LogP contribution >= 0.6 is 0 Å². The number of carbonyl (C=O) groups excluding carboxylic acids is 1. The molecule has 1 aliphatic rings. The Morgan fingerprint density at radius 1 is 1.48 bits per heavy atom. The average molecular weight is 317 g/mol. The van der Waals surface area contributed by atoms with E-state index in [-0.39, 0.29) is 12.6 Å². The average Bonchev–Trinajstić information content (AvgIpc) is 3.03. The molecule has 1 aliphatic heterocycles. The summed E-state index contributed by atoms with van der Waals surface area (Å²) >= 11 is 0. The van der Waals surface area contributed by atoms with Crippen molar-refractivity contribution >= 4 is 5.91 Å². The van der Waals surface area contributed by atoms with E-state index < -0.39 is 5.91 Å². The molecule has 1 aromatic heterocycles. The van der Waals surface area contributed by atoms with Gasteiger partial charge in [-0.3, -0.25) is 9.69 Å². The highest BCUT2D eigenvalue weighted by Crippen LogP contribution is 2.24. The lowest BCUT2D eigenvalue weighted by Gasteiger charge is -2.30. The number of piperazine rings is 1. The van der Waals surface area contributed by atoms with E-state index in [2.05, 4.69) is 20.4 Å². The first-order chi connectivity index (χ1) is 11.1. The van der Waals surface area contributed by atoms with E-state index in [0.717, 1.165) is 25.2 Å². The molecule has 2 heterocycles. The van der Waals surface area contributed by atoms with Crippen molar-refractivity contribution in [3.05, 3.63) is 30.1 Å². The van der Waals surface area contributed by atoms with Crippen LogP contribution < -0.4 is 15.8 Å². The number of nitrogens with one attached hydrogen (secondary N) is 1. The molecule has 1 saturated heterocycles. The minimum Gasteiger partial charge on any atom is -0.484 e. The van der Waals surface area contributed by atoms with Gasteiger partial charge < -0.3 is 20.3 Å². The largest absolute Gasteiger partial charge is 0.484 e. The summed E-state index contributed by atoms with van der Waals surface area (Å²) in [6.45, 7) is 2.56. The van der Waals surface area contributed by atoms with Crippen LogP contribution in [0.5, 0.6) is 5.75 Å². The maximum absolute atomic E-state index is 10.7. The number of hydrogen-bond donors (Lipinski definition) is 2. The fourth-order valence-electron chi connectivity index (χ4n) is 2.43. The van der Waals surface area contributed by atoms with Crippen LogP contribution in [-0.4, -0.2) is 54.2 Å². The normalized spacial score (nSPS) is 18.7. The Hall–Kier alpha value is -2.45. The van der Waals surface area contributed by atoms with Crippen molar-refractivity contribution < 1.29 is 14.1 Å². The van der Waals surface area contributed by atoms with Crippen LogP contribution in [0, 0.1) is 0 Å². The summed E-state index contributed by atoms with van der Waals surface area (Å²) in [4.78, 5) is 17.4. The van der Waals surface area contributed by atoms with Crippen molar-refractivity contribution in [3.63, 3.8) is 0 Å². The summed E-state index contributed by atoms with van der Waals surface area (Å²) in [5, 5.41) is 7.41. The van der Waals surface area contributed by atoms with Gasteiger partial charge in [-0.25, -0.2) is 0 Å². The minimum atomic E-state index is -0.513. The molecule has 2 aromatic rings. The quantitative estimate of drug-likeness (QED) is 0.810. The van der Waals surface area contributed by atoms with E-state index in [0.29, 0.717) is 17.5 Å². The Morgan fingerprint density at radius 2 is 2.26 bits per heavy atom. The van der Waals surface area contributed by atoms with Crippen molar-refractivity contribution in [2.45, 2.75) is 6.04 Å². The van der Waals surface area contributed by atoms with Gasteiger partial charge in [0.2, 0.25) is 0 Å². The number of amides is 1. The fraction of sp³-hybridized carbons (Fsp3) is 0.400. The first kappa shape index (κ1) is 15.4. The number of primary amides is 1. The van der Waals surface area contributed by atoms with E-state index in [1.54, 1.807) is 24.3 Å². The SMILES string of the molecule is CN1CCNCC1c1noc(-c2ccc(OCC(N)=O)cc2)n1. The molecule has 1 atom stereocenters. The standard InChI is InChI=1S/C15H19N5O3/c1-20-7-6-17-8-12(20)14-18-15(23-19-14)10-2-4-11(5-3-10)22-9-13(16)21/h2-5,12,17H,6-9H2,1H3,(H2,16,21). The molecule has 8 heteroatoms. The van der Waals surface area contributed by atoms with Gasteiger partial charge in [0, 0.05) is 25.2 Å². The Kier molecular flexibility index (Phi) is 4.54. The molecule has 3 N–H and O–H groups in total. The van der Waals surface area contributed by atoms with Gasteiger partial charge in [-0.05, 0) is 31.3 Å². The zero-order valence-electron chi connectivity index (χ0n) is 12.9. The lowest BCUT2D eigenvalue weighted by atomic mass is 10.2. The number of hydrogen-bond acceptors (Lipinski definition) is 7. The highest BCUT2D eigenvalue weighted by molar-refractivity contribution is 5.75. The summed E-state index contributed by atoms with van der Waals surface area (Å²) < 4.78 is 10.6. The first-order valence-electron chi connectivity index (χ1n) is 7.39. The third-order valence-corrected chi connectivity index (χ3v) is 3.73. The predicted octanol–water partition coefficient (Wildman–Crippen LogP) is 0.177. The zero-order chi connectivity index (χ0) is 16.2. The molecule has 0 radical (unpaired) electrons. The van der Waals surface area contributed by atoms with Crippen molar-refractivity contribution in [2.24, 2.45) is 5.73 Å². The van der Waals surface area contributed by atoms with E-state index >= 15 is 0 Å². The fourth-order valence-corrected chi connectivity index (χ4v) is 2.43. The van der Waals surface area contributed by atoms with Gasteiger partial charge in [0.25, 0.3) is 11.8 Å². The molecule has 0 bridgehead atoms. The van der Waals surface area contributed by atoms with Crippen LogP contribution in [0.25, 0.3) is 11.5 Å². The molecule has 0 aliphatic carbocycles. The maximum Gasteiger partial charge on any atom is 0.257 e. The number of ether oxygens (including phenoxy) is 1. The Morgan fingerprint density at radius 3 is 2.96 bits per heavy atom. The molecule has 122 valence electrons. The third kappa shape index (κ3) is 3.66. The van der Waals surface area contributed by atoms with Gasteiger partial charge in [0.1, 0.15) is 5.75 Å². The van der Waals surface area contributed by atoms with Crippen molar-refractivity contribution in [3.8, 4) is 17.2 Å². The van der Waals surface area contributed by atoms with Gasteiger partial charge in [0.05, 0.1) is 6.04 Å². The molecule has 0 spiro atoms. The van der Waals surface area contributed by atoms with Gasteiger partial charge in [-0.2, -0.15) is 4.98 Å². The molecule has 1 fully saturated rings. The Labute approximate surface area is 133 Å².